The Bertz CT molecular complexity index is 810. The Hall–Kier alpha value is -1.31. The minimum Gasteiger partial charge on any atom is -0.454 e. The maximum atomic E-state index is 12.3. The minimum atomic E-state index is -3.15. The molecule has 4 aliphatic heterocycles. The molecule has 25 heavy (non-hydrogen) atoms. The summed E-state index contributed by atoms with van der Waals surface area (Å²) in [5.74, 6) is 2.12. The van der Waals surface area contributed by atoms with Crippen LogP contribution in [0.25, 0.3) is 0 Å². The molecule has 6 nitrogen and oxygen atoms in total. The van der Waals surface area contributed by atoms with Crippen LogP contribution in [0.15, 0.2) is 12.1 Å². The van der Waals surface area contributed by atoms with Crippen molar-refractivity contribution in [3.05, 3.63) is 23.3 Å². The third kappa shape index (κ3) is 2.55. The van der Waals surface area contributed by atoms with Gasteiger partial charge in [0.25, 0.3) is 0 Å². The molecular weight excluding hydrogens is 340 g/mol. The Morgan fingerprint density at radius 1 is 1.16 bits per heavy atom. The van der Waals surface area contributed by atoms with Gasteiger partial charge < -0.3 is 9.47 Å². The van der Waals surface area contributed by atoms with Crippen molar-refractivity contribution < 1.29 is 17.9 Å². The van der Waals surface area contributed by atoms with Crippen LogP contribution in [0, 0.1) is 5.92 Å². The zero-order valence-corrected chi connectivity index (χ0v) is 15.3. The standard InChI is InChI=1S/C18H24N2O4S/c1-25(21,22)20-5-2-3-13-10-19-6-4-12-7-17-18(24-11-23-17)8-14(12)16(19)9-15(13)20/h7-8,13,15-16H,2-6,9-11H2,1H3/t13-,15+,16+/m1/s1. The lowest BCUT2D eigenvalue weighted by Gasteiger charge is -2.51. The zero-order chi connectivity index (χ0) is 17.2. The Balaban J connectivity index is 1.51. The number of sulfonamides is 1. The number of ether oxygens (including phenoxy) is 2. The van der Waals surface area contributed by atoms with E-state index >= 15 is 0 Å². The lowest BCUT2D eigenvalue weighted by molar-refractivity contribution is 0.0222. The highest BCUT2D eigenvalue weighted by Crippen LogP contribution is 2.46. The van der Waals surface area contributed by atoms with Crippen molar-refractivity contribution in [3.63, 3.8) is 0 Å². The molecule has 0 amide bonds. The highest BCUT2D eigenvalue weighted by molar-refractivity contribution is 7.88. The molecule has 0 unspecified atom stereocenters. The lowest BCUT2D eigenvalue weighted by atomic mass is 9.77. The second-order valence-corrected chi connectivity index (χ2v) is 9.68. The molecule has 2 fully saturated rings. The summed E-state index contributed by atoms with van der Waals surface area (Å²) in [7, 11) is -3.15. The predicted octanol–water partition coefficient (Wildman–Crippen LogP) is 1.76. The van der Waals surface area contributed by atoms with Gasteiger partial charge in [0.05, 0.1) is 6.26 Å². The van der Waals surface area contributed by atoms with Crippen molar-refractivity contribution in [1.29, 1.82) is 0 Å². The zero-order valence-electron chi connectivity index (χ0n) is 14.5. The van der Waals surface area contributed by atoms with E-state index < -0.39 is 10.0 Å². The molecule has 0 saturated carbocycles. The Morgan fingerprint density at radius 2 is 1.96 bits per heavy atom. The molecule has 4 aliphatic rings. The molecule has 0 bridgehead atoms. The third-order valence-electron chi connectivity index (χ3n) is 6.33. The largest absolute Gasteiger partial charge is 0.454 e. The van der Waals surface area contributed by atoms with Crippen LogP contribution in [0.1, 0.15) is 36.4 Å². The van der Waals surface area contributed by atoms with Gasteiger partial charge in [-0.25, -0.2) is 8.42 Å². The van der Waals surface area contributed by atoms with E-state index in [2.05, 4.69) is 17.0 Å². The molecule has 5 rings (SSSR count). The normalized spacial score (nSPS) is 32.0. The fraction of sp³-hybridized carbons (Fsp3) is 0.667. The topological polar surface area (TPSA) is 59.1 Å². The van der Waals surface area contributed by atoms with E-state index in [0.29, 0.717) is 19.3 Å². The summed E-state index contributed by atoms with van der Waals surface area (Å²) in [6, 6.07) is 4.65. The average Bonchev–Trinajstić information content (AvgIpc) is 3.04. The number of piperidine rings is 2. The molecule has 1 aromatic carbocycles. The summed E-state index contributed by atoms with van der Waals surface area (Å²) in [6.07, 6.45) is 5.37. The van der Waals surface area contributed by atoms with Gasteiger partial charge in [-0.05, 0) is 54.9 Å². The maximum Gasteiger partial charge on any atom is 0.231 e. The number of fused-ring (bicyclic) bond motifs is 5. The van der Waals surface area contributed by atoms with E-state index in [9.17, 15) is 8.42 Å². The molecule has 0 aromatic heterocycles. The van der Waals surface area contributed by atoms with Gasteiger partial charge in [-0.3, -0.25) is 4.90 Å². The summed E-state index contributed by atoms with van der Waals surface area (Å²) in [5.41, 5.74) is 2.62. The van der Waals surface area contributed by atoms with Crippen LogP contribution in [-0.2, 0) is 16.4 Å². The minimum absolute atomic E-state index is 0.126. The van der Waals surface area contributed by atoms with Crippen LogP contribution >= 0.6 is 0 Å². The van der Waals surface area contributed by atoms with Crippen LogP contribution in [0.5, 0.6) is 11.5 Å². The molecule has 0 radical (unpaired) electrons. The first-order valence-corrected chi connectivity index (χ1v) is 11.0. The Morgan fingerprint density at radius 3 is 2.76 bits per heavy atom. The summed E-state index contributed by atoms with van der Waals surface area (Å²) in [5, 5.41) is 0. The number of rotatable bonds is 1. The van der Waals surface area contributed by atoms with E-state index in [4.69, 9.17) is 9.47 Å². The van der Waals surface area contributed by atoms with Gasteiger partial charge in [0.15, 0.2) is 11.5 Å². The smallest absolute Gasteiger partial charge is 0.231 e. The van der Waals surface area contributed by atoms with Crippen LogP contribution in [0.4, 0.5) is 0 Å². The predicted molar refractivity (Wildman–Crippen MR) is 93.3 cm³/mol. The second-order valence-electron chi connectivity index (χ2n) is 7.74. The van der Waals surface area contributed by atoms with Crippen molar-refractivity contribution in [3.8, 4) is 11.5 Å². The summed E-state index contributed by atoms with van der Waals surface area (Å²) in [4.78, 5) is 2.55. The maximum absolute atomic E-state index is 12.3. The molecular formula is C18H24N2O4S. The summed E-state index contributed by atoms with van der Waals surface area (Å²) in [6.45, 7) is 2.99. The molecule has 4 heterocycles. The van der Waals surface area contributed by atoms with Crippen molar-refractivity contribution >= 4 is 10.0 Å². The summed E-state index contributed by atoms with van der Waals surface area (Å²) >= 11 is 0. The van der Waals surface area contributed by atoms with Crippen LogP contribution in [0.2, 0.25) is 0 Å². The Kier molecular flexibility index (Phi) is 3.56. The van der Waals surface area contributed by atoms with E-state index in [1.807, 2.05) is 0 Å². The fourth-order valence-corrected chi connectivity index (χ4v) is 6.42. The van der Waals surface area contributed by atoms with Crippen molar-refractivity contribution in [2.45, 2.75) is 37.8 Å². The number of hydrogen-bond acceptors (Lipinski definition) is 5. The van der Waals surface area contributed by atoms with E-state index in [1.165, 1.54) is 17.4 Å². The van der Waals surface area contributed by atoms with Gasteiger partial charge in [-0.15, -0.1) is 0 Å². The lowest BCUT2D eigenvalue weighted by Crippen LogP contribution is -2.57. The molecule has 2 saturated heterocycles. The Labute approximate surface area is 148 Å². The first-order valence-electron chi connectivity index (χ1n) is 9.14. The van der Waals surface area contributed by atoms with Crippen molar-refractivity contribution in [2.24, 2.45) is 5.92 Å². The SMILES string of the molecule is CS(=O)(=O)N1CCC[C@@H]2CN3CCc4cc5c(cc4[C@@H]3C[C@@H]21)OCO5. The van der Waals surface area contributed by atoms with Gasteiger partial charge in [-0.1, -0.05) is 0 Å². The van der Waals surface area contributed by atoms with E-state index in [1.54, 1.807) is 4.31 Å². The van der Waals surface area contributed by atoms with Gasteiger partial charge >= 0.3 is 0 Å². The monoisotopic (exact) mass is 364 g/mol. The van der Waals surface area contributed by atoms with Crippen LogP contribution < -0.4 is 9.47 Å². The van der Waals surface area contributed by atoms with Crippen molar-refractivity contribution in [1.82, 2.24) is 9.21 Å². The molecule has 0 spiro atoms. The number of hydrogen-bond donors (Lipinski definition) is 0. The van der Waals surface area contributed by atoms with Crippen molar-refractivity contribution in [2.75, 3.05) is 32.7 Å². The van der Waals surface area contributed by atoms with Gasteiger partial charge in [0.2, 0.25) is 16.8 Å². The summed E-state index contributed by atoms with van der Waals surface area (Å²) < 4.78 is 37.4. The van der Waals surface area contributed by atoms with Crippen LogP contribution in [-0.4, -0.2) is 56.3 Å². The highest BCUT2D eigenvalue weighted by atomic mass is 32.2. The molecule has 1 aromatic rings. The van der Waals surface area contributed by atoms with Gasteiger partial charge in [0, 0.05) is 31.7 Å². The molecule has 7 heteroatoms. The third-order valence-corrected chi connectivity index (χ3v) is 7.64. The second kappa shape index (κ2) is 5.59. The van der Waals surface area contributed by atoms with Gasteiger partial charge in [-0.2, -0.15) is 4.31 Å². The molecule has 136 valence electrons. The van der Waals surface area contributed by atoms with E-state index in [-0.39, 0.29) is 12.1 Å². The fourth-order valence-electron chi connectivity index (χ4n) is 5.21. The first-order chi connectivity index (χ1) is 12.0. The average molecular weight is 364 g/mol. The molecule has 3 atom stereocenters. The number of benzene rings is 1. The first kappa shape index (κ1) is 15.9. The van der Waals surface area contributed by atoms with E-state index in [0.717, 1.165) is 50.3 Å². The highest BCUT2D eigenvalue weighted by Gasteiger charge is 2.45. The molecule has 0 aliphatic carbocycles. The van der Waals surface area contributed by atoms with Gasteiger partial charge in [0.1, 0.15) is 0 Å². The van der Waals surface area contributed by atoms with Crippen LogP contribution in [0.3, 0.4) is 0 Å². The quantitative estimate of drug-likeness (QED) is 0.760. The number of nitrogens with zero attached hydrogens (tertiary/aromatic N) is 2. The molecule has 0 N–H and O–H groups in total.